The van der Waals surface area contributed by atoms with E-state index in [1.54, 1.807) is 18.2 Å². The molecule has 0 aliphatic heterocycles. The molecule has 0 fully saturated rings. The van der Waals surface area contributed by atoms with Gasteiger partial charge in [-0.25, -0.2) is 17.7 Å². The van der Waals surface area contributed by atoms with Crippen molar-refractivity contribution in [1.29, 1.82) is 0 Å². The Balaban J connectivity index is 2.62. The summed E-state index contributed by atoms with van der Waals surface area (Å²) in [6.45, 7) is 2.90. The van der Waals surface area contributed by atoms with Gasteiger partial charge in [0.05, 0.1) is 21.8 Å². The Hall–Kier alpha value is -1.11. The zero-order chi connectivity index (χ0) is 14.9. The number of fused-ring (bicyclic) bond motifs is 1. The first-order valence-electron chi connectivity index (χ1n) is 6.39. The second kappa shape index (κ2) is 5.71. The highest BCUT2D eigenvalue weighted by Gasteiger charge is 2.19. The van der Waals surface area contributed by atoms with E-state index in [9.17, 15) is 8.42 Å². The molecule has 0 unspecified atom stereocenters. The van der Waals surface area contributed by atoms with Crippen molar-refractivity contribution in [2.45, 2.75) is 30.7 Å². The normalized spacial score (nSPS) is 12.4. The fourth-order valence-electron chi connectivity index (χ4n) is 2.11. The first-order chi connectivity index (χ1) is 9.41. The molecule has 0 saturated heterocycles. The first-order valence-corrected chi connectivity index (χ1v) is 8.37. The maximum atomic E-state index is 12.1. The molecular weight excluding hydrogens is 298 g/mol. The molecule has 1 heterocycles. The van der Waals surface area contributed by atoms with Gasteiger partial charge < -0.3 is 4.57 Å². The van der Waals surface area contributed by atoms with E-state index in [1.165, 1.54) is 18.4 Å². The lowest BCUT2D eigenvalue weighted by Gasteiger charge is -2.11. The van der Waals surface area contributed by atoms with Crippen molar-refractivity contribution in [2.75, 3.05) is 14.1 Å². The van der Waals surface area contributed by atoms with Crippen LogP contribution in [0.2, 0.25) is 0 Å². The van der Waals surface area contributed by atoms with Crippen molar-refractivity contribution in [2.24, 2.45) is 0 Å². The topological polar surface area (TPSA) is 55.2 Å². The number of halogens is 1. The van der Waals surface area contributed by atoms with E-state index in [-0.39, 0.29) is 4.90 Å². The fraction of sp³-hybridized carbons (Fsp3) is 0.462. The Kier molecular flexibility index (Phi) is 4.36. The van der Waals surface area contributed by atoms with E-state index in [1.807, 2.05) is 4.57 Å². The molecule has 2 aromatic rings. The summed E-state index contributed by atoms with van der Waals surface area (Å²) in [4.78, 5) is 4.68. The van der Waals surface area contributed by atoms with Gasteiger partial charge in [-0.2, -0.15) is 0 Å². The molecule has 7 heteroatoms. The molecule has 0 bridgehead atoms. The Labute approximate surface area is 124 Å². The second-order valence-corrected chi connectivity index (χ2v) is 7.17. The van der Waals surface area contributed by atoms with Crippen LogP contribution in [0, 0.1) is 0 Å². The number of aromatic nitrogens is 2. The van der Waals surface area contributed by atoms with E-state index < -0.39 is 10.0 Å². The van der Waals surface area contributed by atoms with Gasteiger partial charge in [-0.3, -0.25) is 0 Å². The van der Waals surface area contributed by atoms with Crippen LogP contribution in [0.15, 0.2) is 23.1 Å². The zero-order valence-electron chi connectivity index (χ0n) is 11.8. The van der Waals surface area contributed by atoms with Crippen molar-refractivity contribution in [3.05, 3.63) is 24.0 Å². The monoisotopic (exact) mass is 315 g/mol. The van der Waals surface area contributed by atoms with E-state index in [0.717, 1.165) is 24.3 Å². The molecule has 1 aromatic carbocycles. The Morgan fingerprint density at radius 2 is 2.05 bits per heavy atom. The number of hydrogen-bond donors (Lipinski definition) is 0. The summed E-state index contributed by atoms with van der Waals surface area (Å²) in [6.07, 6.45) is 0.965. The maximum Gasteiger partial charge on any atom is 0.242 e. The van der Waals surface area contributed by atoms with Crippen LogP contribution in [0.25, 0.3) is 11.0 Å². The summed E-state index contributed by atoms with van der Waals surface area (Å²) in [5.74, 6) is 1.08. The van der Waals surface area contributed by atoms with Crippen LogP contribution >= 0.6 is 11.6 Å². The van der Waals surface area contributed by atoms with Crippen molar-refractivity contribution in [3.63, 3.8) is 0 Å². The highest BCUT2D eigenvalue weighted by atomic mass is 35.5. The smallest absolute Gasteiger partial charge is 0.242 e. The van der Waals surface area contributed by atoms with Gasteiger partial charge in [0, 0.05) is 20.6 Å². The lowest BCUT2D eigenvalue weighted by molar-refractivity contribution is 0.521. The van der Waals surface area contributed by atoms with Gasteiger partial charge in [-0.1, -0.05) is 6.92 Å². The predicted molar refractivity (Wildman–Crippen MR) is 80.5 cm³/mol. The molecule has 0 N–H and O–H groups in total. The lowest BCUT2D eigenvalue weighted by Crippen LogP contribution is -2.22. The van der Waals surface area contributed by atoms with Gasteiger partial charge in [0.1, 0.15) is 5.82 Å². The molecule has 0 saturated carbocycles. The first kappa shape index (κ1) is 15.3. The van der Waals surface area contributed by atoms with Crippen LogP contribution in [0.4, 0.5) is 0 Å². The number of aryl methyl sites for hydroxylation is 1. The van der Waals surface area contributed by atoms with E-state index in [2.05, 4.69) is 11.9 Å². The van der Waals surface area contributed by atoms with Crippen molar-refractivity contribution < 1.29 is 8.42 Å². The van der Waals surface area contributed by atoms with Gasteiger partial charge in [0.15, 0.2) is 0 Å². The molecule has 110 valence electrons. The number of alkyl halides is 1. The third-order valence-corrected chi connectivity index (χ3v) is 5.19. The Morgan fingerprint density at radius 1 is 1.35 bits per heavy atom. The van der Waals surface area contributed by atoms with E-state index in [4.69, 9.17) is 11.6 Å². The van der Waals surface area contributed by atoms with E-state index in [0.29, 0.717) is 11.4 Å². The quantitative estimate of drug-likeness (QED) is 0.796. The number of hydrogen-bond acceptors (Lipinski definition) is 3. The van der Waals surface area contributed by atoms with Crippen LogP contribution in [0.3, 0.4) is 0 Å². The maximum absolute atomic E-state index is 12.1. The summed E-state index contributed by atoms with van der Waals surface area (Å²) in [5.41, 5.74) is 1.58. The third kappa shape index (κ3) is 2.55. The molecule has 0 spiro atoms. The molecule has 0 atom stereocenters. The van der Waals surface area contributed by atoms with Crippen molar-refractivity contribution in [1.82, 2.24) is 13.9 Å². The molecule has 20 heavy (non-hydrogen) atoms. The molecular formula is C13H18ClN3O2S. The summed E-state index contributed by atoms with van der Waals surface area (Å²) in [7, 11) is -0.413. The summed E-state index contributed by atoms with van der Waals surface area (Å²) in [6, 6.07) is 5.01. The SMILES string of the molecule is CCCn1c(CCl)nc2cc(S(=O)(=O)N(C)C)ccc21. The minimum absolute atomic E-state index is 0.247. The number of rotatable bonds is 5. The molecule has 0 aliphatic rings. The summed E-state index contributed by atoms with van der Waals surface area (Å²) in [5, 5.41) is 0. The summed E-state index contributed by atoms with van der Waals surface area (Å²) < 4.78 is 27.5. The molecule has 0 amide bonds. The number of imidazole rings is 1. The standard InChI is InChI=1S/C13H18ClN3O2S/c1-4-7-17-12-6-5-10(20(18,19)16(2)3)8-11(12)15-13(17)9-14/h5-6,8H,4,7,9H2,1-3H3. The second-order valence-electron chi connectivity index (χ2n) is 4.75. The van der Waals surface area contributed by atoms with Gasteiger partial charge in [0.25, 0.3) is 0 Å². The van der Waals surface area contributed by atoms with Crippen LogP contribution in [-0.4, -0.2) is 36.4 Å². The highest BCUT2D eigenvalue weighted by Crippen LogP contribution is 2.23. The Morgan fingerprint density at radius 3 is 2.60 bits per heavy atom. The van der Waals surface area contributed by atoms with Gasteiger partial charge in [-0.15, -0.1) is 11.6 Å². The van der Waals surface area contributed by atoms with Gasteiger partial charge in [0.2, 0.25) is 10.0 Å². The molecule has 1 aromatic heterocycles. The average Bonchev–Trinajstić information content (AvgIpc) is 2.76. The molecule has 2 rings (SSSR count). The number of nitrogens with zero attached hydrogens (tertiary/aromatic N) is 3. The molecule has 0 aliphatic carbocycles. The van der Waals surface area contributed by atoms with Crippen molar-refractivity contribution >= 4 is 32.7 Å². The summed E-state index contributed by atoms with van der Waals surface area (Å²) >= 11 is 5.91. The number of benzene rings is 1. The minimum atomic E-state index is -3.44. The lowest BCUT2D eigenvalue weighted by atomic mass is 10.3. The average molecular weight is 316 g/mol. The third-order valence-electron chi connectivity index (χ3n) is 3.14. The fourth-order valence-corrected chi connectivity index (χ4v) is 3.23. The van der Waals surface area contributed by atoms with E-state index >= 15 is 0 Å². The largest absolute Gasteiger partial charge is 0.327 e. The highest BCUT2D eigenvalue weighted by molar-refractivity contribution is 7.89. The minimum Gasteiger partial charge on any atom is -0.327 e. The molecule has 5 nitrogen and oxygen atoms in total. The predicted octanol–water partition coefficient (Wildman–Crippen LogP) is 2.44. The van der Waals surface area contributed by atoms with Crippen molar-refractivity contribution in [3.8, 4) is 0 Å². The molecule has 0 radical (unpaired) electrons. The Bertz CT molecular complexity index is 723. The zero-order valence-corrected chi connectivity index (χ0v) is 13.4. The van der Waals surface area contributed by atoms with Crippen LogP contribution in [-0.2, 0) is 22.4 Å². The van der Waals surface area contributed by atoms with Gasteiger partial charge >= 0.3 is 0 Å². The number of sulfonamides is 1. The van der Waals surface area contributed by atoms with Crippen LogP contribution in [0.5, 0.6) is 0 Å². The van der Waals surface area contributed by atoms with Crippen LogP contribution in [0.1, 0.15) is 19.2 Å². The van der Waals surface area contributed by atoms with Crippen LogP contribution < -0.4 is 0 Å². The van der Waals surface area contributed by atoms with Gasteiger partial charge in [-0.05, 0) is 24.6 Å².